The lowest BCUT2D eigenvalue weighted by molar-refractivity contribution is -0.152. The molecule has 0 radical (unpaired) electrons. The third-order valence-corrected chi connectivity index (χ3v) is 6.00. The number of imide groups is 1. The zero-order valence-electron chi connectivity index (χ0n) is 22.9. The lowest BCUT2D eigenvalue weighted by Gasteiger charge is -2.19. The summed E-state index contributed by atoms with van der Waals surface area (Å²) in [6.45, 7) is 7.10. The number of hydrogen-bond acceptors (Lipinski definition) is 10. The van der Waals surface area contributed by atoms with E-state index in [0.29, 0.717) is 41.0 Å². The van der Waals surface area contributed by atoms with Gasteiger partial charge in [-0.3, -0.25) is 14.4 Å². The molecule has 0 aliphatic carbocycles. The van der Waals surface area contributed by atoms with Crippen molar-refractivity contribution in [1.29, 1.82) is 0 Å². The van der Waals surface area contributed by atoms with Gasteiger partial charge in [0.1, 0.15) is 18.1 Å². The van der Waals surface area contributed by atoms with E-state index in [-0.39, 0.29) is 30.9 Å². The number of rotatable bonds is 12. The van der Waals surface area contributed by atoms with E-state index in [1.807, 2.05) is 20.8 Å². The van der Waals surface area contributed by atoms with Crippen molar-refractivity contribution >= 4 is 47.2 Å². The zero-order valence-corrected chi connectivity index (χ0v) is 22.9. The highest BCUT2D eigenvalue weighted by atomic mass is 16.7. The second kappa shape index (κ2) is 13.8. The minimum atomic E-state index is -0.985. The molecular formula is C27H32N6O7. The molecule has 0 spiro atoms. The van der Waals surface area contributed by atoms with Gasteiger partial charge in [0.05, 0.1) is 12.0 Å². The van der Waals surface area contributed by atoms with Crippen LogP contribution in [-0.2, 0) is 19.1 Å². The van der Waals surface area contributed by atoms with Crippen molar-refractivity contribution in [3.05, 3.63) is 53.0 Å². The van der Waals surface area contributed by atoms with Gasteiger partial charge in [0, 0.05) is 37.0 Å². The predicted molar refractivity (Wildman–Crippen MR) is 144 cm³/mol. The van der Waals surface area contributed by atoms with Crippen LogP contribution in [0.2, 0.25) is 0 Å². The van der Waals surface area contributed by atoms with Crippen molar-refractivity contribution in [2.24, 2.45) is 0 Å². The van der Waals surface area contributed by atoms with Crippen LogP contribution in [-0.4, -0.2) is 69.5 Å². The minimum Gasteiger partial charge on any atom is -0.428 e. The summed E-state index contributed by atoms with van der Waals surface area (Å²) < 4.78 is 11.2. The van der Waals surface area contributed by atoms with Crippen molar-refractivity contribution in [2.75, 3.05) is 25.2 Å². The van der Waals surface area contributed by atoms with Crippen LogP contribution in [0.1, 0.15) is 65.0 Å². The fraction of sp³-hybridized carbons (Fsp3) is 0.370. The first-order valence-electron chi connectivity index (χ1n) is 12.8. The average Bonchev–Trinajstić information content (AvgIpc) is 3.29. The maximum absolute atomic E-state index is 13.2. The summed E-state index contributed by atoms with van der Waals surface area (Å²) in [6.07, 6.45) is 3.25. The van der Waals surface area contributed by atoms with Gasteiger partial charge in [0.25, 0.3) is 11.8 Å². The van der Waals surface area contributed by atoms with E-state index in [4.69, 9.17) is 9.47 Å². The first kappa shape index (κ1) is 29.7. The number of anilines is 2. The van der Waals surface area contributed by atoms with Gasteiger partial charge in [0.15, 0.2) is 5.82 Å². The van der Waals surface area contributed by atoms with Crippen molar-refractivity contribution < 1.29 is 33.4 Å². The Bertz CT molecular complexity index is 1420. The first-order chi connectivity index (χ1) is 19.2. The summed E-state index contributed by atoms with van der Waals surface area (Å²) in [7, 11) is 0. The smallest absolute Gasteiger partial charge is 0.419 e. The summed E-state index contributed by atoms with van der Waals surface area (Å²) in [5.41, 5.74) is 3.31. The van der Waals surface area contributed by atoms with Crippen molar-refractivity contribution in [1.82, 2.24) is 24.8 Å². The highest BCUT2D eigenvalue weighted by Gasteiger charge is 2.24. The van der Waals surface area contributed by atoms with E-state index in [9.17, 15) is 24.0 Å². The molecule has 0 aliphatic rings. The summed E-state index contributed by atoms with van der Waals surface area (Å²) >= 11 is 0. The first-order valence-corrected chi connectivity index (χ1v) is 12.8. The lowest BCUT2D eigenvalue weighted by atomic mass is 10.1. The number of esters is 1. The third-order valence-electron chi connectivity index (χ3n) is 6.00. The summed E-state index contributed by atoms with van der Waals surface area (Å²) in [6, 6.07) is 4.88. The molecule has 3 rings (SSSR count). The number of carbonyl (C=O) groups is 5. The predicted octanol–water partition coefficient (Wildman–Crippen LogP) is 3.31. The highest BCUT2D eigenvalue weighted by Crippen LogP contribution is 2.28. The summed E-state index contributed by atoms with van der Waals surface area (Å²) in [5.74, 6) is -1.10. The summed E-state index contributed by atoms with van der Waals surface area (Å²) in [5, 5.41) is 10.3. The van der Waals surface area contributed by atoms with Gasteiger partial charge in [-0.05, 0) is 50.5 Å². The van der Waals surface area contributed by atoms with Gasteiger partial charge >= 0.3 is 12.1 Å². The topological polar surface area (TPSA) is 161 Å². The molecule has 40 heavy (non-hydrogen) atoms. The second-order valence-electron chi connectivity index (χ2n) is 8.78. The number of nitrogens with zero attached hydrogens (tertiary/aromatic N) is 4. The van der Waals surface area contributed by atoms with Crippen LogP contribution < -0.4 is 10.6 Å². The number of fused-ring (bicyclic) bond motifs is 1. The minimum absolute atomic E-state index is 0.00375. The molecule has 13 nitrogen and oxygen atoms in total. The molecular weight excluding hydrogens is 520 g/mol. The molecule has 0 unspecified atom stereocenters. The number of benzene rings is 1. The standard InChI is InChI=1S/C27H32N6O7/c1-5-11-28-25(36)20-14-33-23(18(20)4)24(29-15-30-33)31-21-13-19(10-9-17(21)3)26(37)32(6-2)27(38)40-16-39-22(35)8-7-12-34/h9-10,12-15H,5-8,11,16H2,1-4H3,(H,28,36)(H,29,30,31). The molecule has 2 aromatic heterocycles. The Labute approximate surface area is 230 Å². The number of amides is 3. The number of ether oxygens (including phenoxy) is 2. The Balaban J connectivity index is 1.80. The molecule has 0 saturated heterocycles. The van der Waals surface area contributed by atoms with Crippen LogP contribution >= 0.6 is 0 Å². The van der Waals surface area contributed by atoms with Crippen LogP contribution in [0.4, 0.5) is 16.3 Å². The quantitative estimate of drug-likeness (QED) is 0.194. The van der Waals surface area contributed by atoms with Crippen LogP contribution in [0.25, 0.3) is 5.52 Å². The number of carbonyl (C=O) groups excluding carboxylic acids is 5. The number of nitrogens with one attached hydrogen (secondary N) is 2. The lowest BCUT2D eigenvalue weighted by Crippen LogP contribution is -2.37. The van der Waals surface area contributed by atoms with Crippen LogP contribution in [0, 0.1) is 13.8 Å². The second-order valence-corrected chi connectivity index (χ2v) is 8.78. The molecule has 2 heterocycles. The molecule has 2 N–H and O–H groups in total. The van der Waals surface area contributed by atoms with Gasteiger partial charge < -0.3 is 24.9 Å². The number of aldehydes is 1. The fourth-order valence-electron chi connectivity index (χ4n) is 3.82. The Hall–Kier alpha value is -4.81. The molecule has 0 atom stereocenters. The van der Waals surface area contributed by atoms with Gasteiger partial charge in [-0.2, -0.15) is 5.10 Å². The Kier molecular flexibility index (Phi) is 10.3. The largest absolute Gasteiger partial charge is 0.428 e. The van der Waals surface area contributed by atoms with E-state index < -0.39 is 24.8 Å². The Morgan fingerprint density at radius 3 is 2.60 bits per heavy atom. The van der Waals surface area contributed by atoms with E-state index in [0.717, 1.165) is 16.9 Å². The van der Waals surface area contributed by atoms with Crippen molar-refractivity contribution in [3.8, 4) is 0 Å². The number of hydrogen-bond donors (Lipinski definition) is 2. The molecule has 0 fully saturated rings. The van der Waals surface area contributed by atoms with Crippen molar-refractivity contribution in [3.63, 3.8) is 0 Å². The maximum atomic E-state index is 13.2. The molecule has 3 aromatic rings. The molecule has 13 heteroatoms. The van der Waals surface area contributed by atoms with Crippen LogP contribution in [0.3, 0.4) is 0 Å². The van der Waals surface area contributed by atoms with Crippen molar-refractivity contribution in [2.45, 2.75) is 47.0 Å². The number of aromatic nitrogens is 3. The average molecular weight is 553 g/mol. The SMILES string of the molecule is CCCNC(=O)c1cn2ncnc(Nc3cc(C(=O)N(CC)C(=O)OCOC(=O)CCC=O)ccc3C)c2c1C. The maximum Gasteiger partial charge on any atom is 0.419 e. The van der Waals surface area contributed by atoms with E-state index in [2.05, 4.69) is 20.7 Å². The molecule has 0 bridgehead atoms. The fourth-order valence-corrected chi connectivity index (χ4v) is 3.82. The third kappa shape index (κ3) is 6.98. The van der Waals surface area contributed by atoms with E-state index >= 15 is 0 Å². The molecule has 0 saturated carbocycles. The molecule has 3 amide bonds. The van der Waals surface area contributed by atoms with Crippen LogP contribution in [0.15, 0.2) is 30.7 Å². The normalized spacial score (nSPS) is 10.6. The molecule has 1 aromatic carbocycles. The monoisotopic (exact) mass is 552 g/mol. The zero-order chi connectivity index (χ0) is 29.2. The molecule has 0 aliphatic heterocycles. The Morgan fingerprint density at radius 2 is 1.90 bits per heavy atom. The van der Waals surface area contributed by atoms with Gasteiger partial charge in [-0.25, -0.2) is 19.2 Å². The van der Waals surface area contributed by atoms with E-state index in [1.54, 1.807) is 35.8 Å². The highest BCUT2D eigenvalue weighted by molar-refractivity contribution is 6.04. The van der Waals surface area contributed by atoms with Gasteiger partial charge in [-0.1, -0.05) is 13.0 Å². The van der Waals surface area contributed by atoms with Crippen LogP contribution in [0.5, 0.6) is 0 Å². The molecule has 212 valence electrons. The summed E-state index contributed by atoms with van der Waals surface area (Å²) in [4.78, 5) is 65.4. The van der Waals surface area contributed by atoms with E-state index in [1.165, 1.54) is 6.33 Å². The Morgan fingerprint density at radius 1 is 1.12 bits per heavy atom. The van der Waals surface area contributed by atoms with Gasteiger partial charge in [-0.15, -0.1) is 0 Å². The van der Waals surface area contributed by atoms with Gasteiger partial charge in [0.2, 0.25) is 6.79 Å². The number of aryl methyl sites for hydroxylation is 2.